The van der Waals surface area contributed by atoms with E-state index in [0.717, 1.165) is 13.1 Å². The van der Waals surface area contributed by atoms with Gasteiger partial charge in [0.15, 0.2) is 0 Å². The van der Waals surface area contributed by atoms with Gasteiger partial charge in [-0.2, -0.15) is 0 Å². The van der Waals surface area contributed by atoms with E-state index < -0.39 is 0 Å². The van der Waals surface area contributed by atoms with E-state index in [-0.39, 0.29) is 5.92 Å². The second kappa shape index (κ2) is 7.53. The number of carbonyl (C=O) groups is 1. The number of rotatable bonds is 5. The number of nitrogens with zero attached hydrogens (tertiary/aromatic N) is 3. The Balaban J connectivity index is 1.65. The van der Waals surface area contributed by atoms with Crippen LogP contribution in [0.3, 0.4) is 0 Å². The number of hydrogen-bond donors (Lipinski definition) is 0. The lowest BCUT2D eigenvalue weighted by Gasteiger charge is -2.38. The lowest BCUT2D eigenvalue weighted by Crippen LogP contribution is -2.50. The van der Waals surface area contributed by atoms with E-state index >= 15 is 0 Å². The van der Waals surface area contributed by atoms with Crippen LogP contribution in [0.25, 0.3) is 0 Å². The molecule has 20 heavy (non-hydrogen) atoms. The summed E-state index contributed by atoms with van der Waals surface area (Å²) >= 11 is 0. The lowest BCUT2D eigenvalue weighted by atomic mass is 9.89. The number of ketones is 1. The molecule has 2 saturated heterocycles. The van der Waals surface area contributed by atoms with Crippen molar-refractivity contribution < 1.29 is 4.79 Å². The quantitative estimate of drug-likeness (QED) is 0.763. The van der Waals surface area contributed by atoms with Gasteiger partial charge in [-0.3, -0.25) is 14.6 Å². The zero-order valence-electron chi connectivity index (χ0n) is 13.5. The second-order valence-electron chi connectivity index (χ2n) is 6.95. The zero-order chi connectivity index (χ0) is 14.5. The first-order chi connectivity index (χ1) is 9.54. The third-order valence-corrected chi connectivity index (χ3v) is 4.84. The van der Waals surface area contributed by atoms with E-state index in [9.17, 15) is 4.79 Å². The first kappa shape index (κ1) is 15.9. The van der Waals surface area contributed by atoms with Crippen LogP contribution < -0.4 is 0 Å². The normalized spacial score (nSPS) is 24.4. The van der Waals surface area contributed by atoms with Crippen LogP contribution in [-0.2, 0) is 4.79 Å². The van der Waals surface area contributed by atoms with Gasteiger partial charge in [-0.05, 0) is 38.9 Å². The average molecular weight is 281 g/mol. The van der Waals surface area contributed by atoms with Gasteiger partial charge in [-0.1, -0.05) is 13.8 Å². The van der Waals surface area contributed by atoms with Crippen molar-refractivity contribution in [1.29, 1.82) is 0 Å². The minimum atomic E-state index is 0.207. The molecule has 4 heteroatoms. The highest BCUT2D eigenvalue weighted by Gasteiger charge is 2.24. The topological polar surface area (TPSA) is 26.8 Å². The maximum Gasteiger partial charge on any atom is 0.135 e. The van der Waals surface area contributed by atoms with Crippen molar-refractivity contribution in [2.45, 2.75) is 33.1 Å². The van der Waals surface area contributed by atoms with E-state index in [0.29, 0.717) is 11.7 Å². The Kier molecular flexibility index (Phi) is 6.00. The van der Waals surface area contributed by atoms with Crippen molar-refractivity contribution in [3.8, 4) is 0 Å². The number of likely N-dealkylation sites (N-methyl/N-ethyl adjacent to an activating group) is 1. The maximum absolute atomic E-state index is 11.8. The minimum Gasteiger partial charge on any atom is -0.304 e. The van der Waals surface area contributed by atoms with Gasteiger partial charge in [-0.25, -0.2) is 0 Å². The van der Waals surface area contributed by atoms with Crippen molar-refractivity contribution in [2.75, 3.05) is 53.0 Å². The predicted octanol–water partition coefficient (Wildman–Crippen LogP) is 1.52. The van der Waals surface area contributed by atoms with Gasteiger partial charge in [0.25, 0.3) is 0 Å². The maximum atomic E-state index is 11.8. The van der Waals surface area contributed by atoms with Crippen LogP contribution in [0.15, 0.2) is 0 Å². The van der Waals surface area contributed by atoms with Crippen molar-refractivity contribution in [1.82, 2.24) is 14.7 Å². The Morgan fingerprint density at radius 2 is 1.55 bits per heavy atom. The fourth-order valence-electron chi connectivity index (χ4n) is 3.12. The lowest BCUT2D eigenvalue weighted by molar-refractivity contribution is -0.123. The van der Waals surface area contributed by atoms with E-state index in [1.807, 2.05) is 13.8 Å². The Hall–Kier alpha value is -0.450. The van der Waals surface area contributed by atoms with E-state index in [1.165, 1.54) is 52.1 Å². The standard InChI is InChI=1S/C16H31N3O/c1-14(2)16(20)12-15-4-6-18(7-5-15)13-19-10-8-17(3)9-11-19/h14-15H,4-13H2,1-3H3. The van der Waals surface area contributed by atoms with Crippen LogP contribution in [0.2, 0.25) is 0 Å². The van der Waals surface area contributed by atoms with Gasteiger partial charge in [-0.15, -0.1) is 0 Å². The summed E-state index contributed by atoms with van der Waals surface area (Å²) in [5.41, 5.74) is 0. The van der Waals surface area contributed by atoms with Crippen LogP contribution in [0.4, 0.5) is 0 Å². The van der Waals surface area contributed by atoms with Crippen LogP contribution in [0.5, 0.6) is 0 Å². The Bertz CT molecular complexity index is 303. The minimum absolute atomic E-state index is 0.207. The smallest absolute Gasteiger partial charge is 0.135 e. The molecule has 0 aliphatic carbocycles. The SMILES string of the molecule is CC(C)C(=O)CC1CCN(CN2CCN(C)CC2)CC1. The summed E-state index contributed by atoms with van der Waals surface area (Å²) in [5, 5.41) is 0. The van der Waals surface area contributed by atoms with Crippen LogP contribution in [0.1, 0.15) is 33.1 Å². The van der Waals surface area contributed by atoms with Gasteiger partial charge in [0, 0.05) is 38.5 Å². The Morgan fingerprint density at radius 3 is 2.10 bits per heavy atom. The molecule has 0 spiro atoms. The number of piperazine rings is 1. The first-order valence-electron chi connectivity index (χ1n) is 8.20. The molecule has 0 atom stereocenters. The summed E-state index contributed by atoms with van der Waals surface area (Å²) < 4.78 is 0. The molecule has 0 aromatic carbocycles. The molecule has 2 rings (SSSR count). The predicted molar refractivity (Wildman–Crippen MR) is 82.7 cm³/mol. The molecule has 0 aromatic rings. The molecule has 0 N–H and O–H groups in total. The van der Waals surface area contributed by atoms with E-state index in [4.69, 9.17) is 0 Å². The number of piperidine rings is 1. The molecular weight excluding hydrogens is 250 g/mol. The van der Waals surface area contributed by atoms with Gasteiger partial charge >= 0.3 is 0 Å². The molecule has 2 aliphatic heterocycles. The van der Waals surface area contributed by atoms with Crippen LogP contribution >= 0.6 is 0 Å². The second-order valence-corrected chi connectivity index (χ2v) is 6.95. The fraction of sp³-hybridized carbons (Fsp3) is 0.938. The van der Waals surface area contributed by atoms with Gasteiger partial charge in [0.2, 0.25) is 0 Å². The van der Waals surface area contributed by atoms with Crippen molar-refractivity contribution in [3.63, 3.8) is 0 Å². The molecule has 0 bridgehead atoms. The highest BCUT2D eigenvalue weighted by Crippen LogP contribution is 2.22. The van der Waals surface area contributed by atoms with Crippen molar-refractivity contribution in [2.24, 2.45) is 11.8 Å². The highest BCUT2D eigenvalue weighted by molar-refractivity contribution is 5.80. The summed E-state index contributed by atoms with van der Waals surface area (Å²) in [6.07, 6.45) is 3.21. The van der Waals surface area contributed by atoms with E-state index in [2.05, 4.69) is 21.7 Å². The molecule has 2 aliphatic rings. The number of likely N-dealkylation sites (tertiary alicyclic amines) is 1. The molecule has 0 saturated carbocycles. The van der Waals surface area contributed by atoms with Crippen molar-refractivity contribution in [3.05, 3.63) is 0 Å². The Morgan fingerprint density at radius 1 is 1.00 bits per heavy atom. The summed E-state index contributed by atoms with van der Waals surface area (Å²) in [5.74, 6) is 1.29. The summed E-state index contributed by atoms with van der Waals surface area (Å²) in [6, 6.07) is 0. The molecule has 0 amide bonds. The third-order valence-electron chi connectivity index (χ3n) is 4.84. The molecule has 0 aromatic heterocycles. The highest BCUT2D eigenvalue weighted by atomic mass is 16.1. The van der Waals surface area contributed by atoms with Crippen molar-refractivity contribution >= 4 is 5.78 Å². The molecule has 2 fully saturated rings. The van der Waals surface area contributed by atoms with Crippen LogP contribution in [-0.4, -0.2) is 73.5 Å². The third kappa shape index (κ3) is 4.83. The van der Waals surface area contributed by atoms with Crippen LogP contribution in [0, 0.1) is 11.8 Å². The molecule has 4 nitrogen and oxygen atoms in total. The van der Waals surface area contributed by atoms with Gasteiger partial charge in [0.05, 0.1) is 6.67 Å². The summed E-state index contributed by atoms with van der Waals surface area (Å²) in [7, 11) is 2.20. The monoisotopic (exact) mass is 281 g/mol. The number of hydrogen-bond acceptors (Lipinski definition) is 4. The van der Waals surface area contributed by atoms with E-state index in [1.54, 1.807) is 0 Å². The summed E-state index contributed by atoms with van der Waals surface area (Å²) in [6.45, 7) is 12.3. The molecule has 0 radical (unpaired) electrons. The number of Topliss-reactive ketones (excluding diaryl/α,β-unsaturated/α-hetero) is 1. The fourth-order valence-corrected chi connectivity index (χ4v) is 3.12. The zero-order valence-corrected chi connectivity index (χ0v) is 13.5. The number of carbonyl (C=O) groups excluding carboxylic acids is 1. The largest absolute Gasteiger partial charge is 0.304 e. The summed E-state index contributed by atoms with van der Waals surface area (Å²) in [4.78, 5) is 19.4. The molecule has 0 unspecified atom stereocenters. The molecular formula is C16H31N3O. The molecule has 2 heterocycles. The Labute approximate surface area is 124 Å². The first-order valence-corrected chi connectivity index (χ1v) is 8.20. The van der Waals surface area contributed by atoms with Gasteiger partial charge < -0.3 is 4.90 Å². The van der Waals surface area contributed by atoms with Gasteiger partial charge in [0.1, 0.15) is 5.78 Å². The molecule has 116 valence electrons. The average Bonchev–Trinajstić information content (AvgIpc) is 2.43.